The number of epoxide rings is 1. The summed E-state index contributed by atoms with van der Waals surface area (Å²) >= 11 is 0. The molecule has 15 heavy (non-hydrogen) atoms. The molecule has 1 aliphatic carbocycles. The average Bonchev–Trinajstić information content (AvgIpc) is 2.96. The Hall–Kier alpha value is -0.860. The second-order valence-corrected chi connectivity index (χ2v) is 5.34. The number of fused-ring (bicyclic) bond motifs is 3. The van der Waals surface area contributed by atoms with E-state index in [1.807, 2.05) is 19.1 Å². The molecular weight excluding hydrogens is 188 g/mol. The third-order valence-electron chi connectivity index (χ3n) is 4.25. The van der Waals surface area contributed by atoms with Crippen LogP contribution in [0.5, 0.6) is 0 Å². The highest BCUT2D eigenvalue weighted by atomic mass is 16.6. The van der Waals surface area contributed by atoms with E-state index >= 15 is 0 Å². The Morgan fingerprint density at radius 2 is 1.87 bits per heavy atom. The predicted octanol–water partition coefficient (Wildman–Crippen LogP) is 2.17. The zero-order valence-electron chi connectivity index (χ0n) is 9.32. The summed E-state index contributed by atoms with van der Waals surface area (Å²) in [6, 6.07) is 8.27. The van der Waals surface area contributed by atoms with Gasteiger partial charge in [0.2, 0.25) is 0 Å². The molecule has 2 aliphatic rings. The van der Waals surface area contributed by atoms with Crippen molar-refractivity contribution in [3.05, 3.63) is 35.4 Å². The standard InChI is InChI=1S/C13H16O2/c1-12(2)9-7-5-4-6-8(9)10-11(15-10)13(12,3)14/h4-7,10-11,14H,1-3H3/t10-,11-,13+/m0/s1. The van der Waals surface area contributed by atoms with Gasteiger partial charge in [0.05, 0.1) is 5.60 Å². The van der Waals surface area contributed by atoms with Gasteiger partial charge in [-0.2, -0.15) is 0 Å². The zero-order valence-corrected chi connectivity index (χ0v) is 9.32. The van der Waals surface area contributed by atoms with Crippen LogP contribution in [0.25, 0.3) is 0 Å². The molecule has 0 radical (unpaired) electrons. The Labute approximate surface area is 89.9 Å². The first-order valence-corrected chi connectivity index (χ1v) is 5.43. The van der Waals surface area contributed by atoms with Gasteiger partial charge in [0, 0.05) is 5.41 Å². The van der Waals surface area contributed by atoms with Gasteiger partial charge >= 0.3 is 0 Å². The third kappa shape index (κ3) is 0.963. The molecule has 1 aromatic rings. The lowest BCUT2D eigenvalue weighted by atomic mass is 9.63. The SMILES string of the molecule is CC1(C)c2ccccc2[C@@H]2O[C@@H]2[C@@]1(C)O. The maximum atomic E-state index is 10.5. The Balaban J connectivity index is 2.25. The molecule has 3 atom stereocenters. The highest BCUT2D eigenvalue weighted by Gasteiger charge is 2.63. The molecule has 0 amide bonds. The van der Waals surface area contributed by atoms with Crippen LogP contribution in [0.1, 0.15) is 38.0 Å². The van der Waals surface area contributed by atoms with E-state index in [2.05, 4.69) is 26.0 Å². The van der Waals surface area contributed by atoms with Crippen molar-refractivity contribution in [1.29, 1.82) is 0 Å². The van der Waals surface area contributed by atoms with Crippen LogP contribution in [-0.2, 0) is 10.2 Å². The van der Waals surface area contributed by atoms with E-state index in [0.717, 1.165) is 0 Å². The monoisotopic (exact) mass is 204 g/mol. The first-order valence-electron chi connectivity index (χ1n) is 5.43. The quantitative estimate of drug-likeness (QED) is 0.657. The molecule has 1 fully saturated rings. The number of aliphatic hydroxyl groups is 1. The van der Waals surface area contributed by atoms with Crippen molar-refractivity contribution < 1.29 is 9.84 Å². The van der Waals surface area contributed by atoms with Crippen molar-refractivity contribution in [1.82, 2.24) is 0 Å². The van der Waals surface area contributed by atoms with Crippen LogP contribution in [0.4, 0.5) is 0 Å². The van der Waals surface area contributed by atoms with Gasteiger partial charge in [-0.05, 0) is 18.1 Å². The summed E-state index contributed by atoms with van der Waals surface area (Å²) < 4.78 is 5.61. The minimum Gasteiger partial charge on any atom is -0.386 e. The molecule has 1 saturated heterocycles. The van der Waals surface area contributed by atoms with E-state index in [1.165, 1.54) is 11.1 Å². The molecule has 0 saturated carbocycles. The molecule has 2 heteroatoms. The van der Waals surface area contributed by atoms with Crippen LogP contribution in [0, 0.1) is 0 Å². The van der Waals surface area contributed by atoms with Crippen LogP contribution < -0.4 is 0 Å². The molecule has 1 aliphatic heterocycles. The average molecular weight is 204 g/mol. The summed E-state index contributed by atoms with van der Waals surface area (Å²) in [7, 11) is 0. The molecule has 0 aromatic heterocycles. The molecule has 2 nitrogen and oxygen atoms in total. The summed E-state index contributed by atoms with van der Waals surface area (Å²) in [4.78, 5) is 0. The van der Waals surface area contributed by atoms with Gasteiger partial charge in [-0.3, -0.25) is 0 Å². The topological polar surface area (TPSA) is 32.8 Å². The fourth-order valence-electron chi connectivity index (χ4n) is 2.72. The molecule has 0 unspecified atom stereocenters. The second kappa shape index (κ2) is 2.45. The van der Waals surface area contributed by atoms with Gasteiger partial charge in [0.15, 0.2) is 0 Å². The molecule has 1 aromatic carbocycles. The van der Waals surface area contributed by atoms with Gasteiger partial charge in [0.1, 0.15) is 12.2 Å². The summed E-state index contributed by atoms with van der Waals surface area (Å²) in [5, 5.41) is 10.5. The van der Waals surface area contributed by atoms with E-state index in [1.54, 1.807) is 0 Å². The highest BCUT2D eigenvalue weighted by molar-refractivity contribution is 5.45. The van der Waals surface area contributed by atoms with Crippen molar-refractivity contribution in [3.63, 3.8) is 0 Å². The summed E-state index contributed by atoms with van der Waals surface area (Å²) in [6.45, 7) is 6.06. The number of hydrogen-bond acceptors (Lipinski definition) is 2. The van der Waals surface area contributed by atoms with Crippen molar-refractivity contribution in [2.45, 2.75) is 44.0 Å². The van der Waals surface area contributed by atoms with Crippen LogP contribution >= 0.6 is 0 Å². The van der Waals surface area contributed by atoms with E-state index < -0.39 is 5.60 Å². The lowest BCUT2D eigenvalue weighted by Gasteiger charge is -2.43. The van der Waals surface area contributed by atoms with Gasteiger partial charge in [-0.15, -0.1) is 0 Å². The van der Waals surface area contributed by atoms with Crippen molar-refractivity contribution in [2.75, 3.05) is 0 Å². The summed E-state index contributed by atoms with van der Waals surface area (Å²) in [6.07, 6.45) is 0.0895. The molecule has 1 heterocycles. The minimum atomic E-state index is -0.772. The molecule has 3 rings (SSSR count). The number of rotatable bonds is 0. The number of ether oxygens (including phenoxy) is 1. The summed E-state index contributed by atoms with van der Waals surface area (Å²) in [5.74, 6) is 0. The van der Waals surface area contributed by atoms with Gasteiger partial charge < -0.3 is 9.84 Å². The largest absolute Gasteiger partial charge is 0.386 e. The maximum absolute atomic E-state index is 10.5. The Kier molecular flexibility index (Phi) is 1.53. The smallest absolute Gasteiger partial charge is 0.118 e. The molecule has 0 spiro atoms. The van der Waals surface area contributed by atoms with Gasteiger partial charge in [-0.1, -0.05) is 38.1 Å². The van der Waals surface area contributed by atoms with Crippen LogP contribution in [0.3, 0.4) is 0 Å². The van der Waals surface area contributed by atoms with Crippen molar-refractivity contribution in [3.8, 4) is 0 Å². The first-order chi connectivity index (χ1) is 6.96. The van der Waals surface area contributed by atoms with Crippen LogP contribution in [0.2, 0.25) is 0 Å². The third-order valence-corrected chi connectivity index (χ3v) is 4.25. The first kappa shape index (κ1) is 9.37. The van der Waals surface area contributed by atoms with Gasteiger partial charge in [-0.25, -0.2) is 0 Å². The van der Waals surface area contributed by atoms with Crippen LogP contribution in [0.15, 0.2) is 24.3 Å². The Morgan fingerprint density at radius 1 is 1.20 bits per heavy atom. The van der Waals surface area contributed by atoms with E-state index in [-0.39, 0.29) is 17.6 Å². The number of hydrogen-bond donors (Lipinski definition) is 1. The molecule has 0 bridgehead atoms. The second-order valence-electron chi connectivity index (χ2n) is 5.34. The minimum absolute atomic E-state index is 0.0256. The lowest BCUT2D eigenvalue weighted by Crippen LogP contribution is -2.52. The van der Waals surface area contributed by atoms with E-state index in [0.29, 0.717) is 0 Å². The van der Waals surface area contributed by atoms with Gasteiger partial charge in [0.25, 0.3) is 0 Å². The molecule has 80 valence electrons. The van der Waals surface area contributed by atoms with Crippen molar-refractivity contribution >= 4 is 0 Å². The zero-order chi connectivity index (χ0) is 10.8. The fourth-order valence-corrected chi connectivity index (χ4v) is 2.72. The van der Waals surface area contributed by atoms with E-state index in [9.17, 15) is 5.11 Å². The van der Waals surface area contributed by atoms with Crippen LogP contribution in [-0.4, -0.2) is 16.8 Å². The summed E-state index contributed by atoms with van der Waals surface area (Å²) in [5.41, 5.74) is 1.44. The Morgan fingerprint density at radius 3 is 2.60 bits per heavy atom. The molecular formula is C13H16O2. The highest BCUT2D eigenvalue weighted by Crippen LogP contribution is 2.58. The van der Waals surface area contributed by atoms with Crippen molar-refractivity contribution in [2.24, 2.45) is 0 Å². The maximum Gasteiger partial charge on any atom is 0.118 e. The Bertz CT molecular complexity index is 420. The predicted molar refractivity (Wildman–Crippen MR) is 57.7 cm³/mol. The normalized spacial score (nSPS) is 40.5. The lowest BCUT2D eigenvalue weighted by molar-refractivity contribution is -0.0339. The van der Waals surface area contributed by atoms with E-state index in [4.69, 9.17) is 4.74 Å². The molecule has 1 N–H and O–H groups in total. The number of benzene rings is 1. The fraction of sp³-hybridized carbons (Fsp3) is 0.538.